The van der Waals surface area contributed by atoms with E-state index in [1.165, 1.54) is 25.9 Å². The van der Waals surface area contributed by atoms with Crippen molar-refractivity contribution in [2.24, 2.45) is 0 Å². The standard InChI is InChI=1S/C11H24N2O/c1-4-13-7-5-6-11(13)8-12-10(2)9-14-3/h10-12H,4-9H2,1-3H3/t10-,11+/m0/s1. The summed E-state index contributed by atoms with van der Waals surface area (Å²) < 4.78 is 5.10. The number of nitrogens with zero attached hydrogens (tertiary/aromatic N) is 1. The van der Waals surface area contributed by atoms with Gasteiger partial charge in [-0.05, 0) is 32.9 Å². The van der Waals surface area contributed by atoms with Crippen LogP contribution in [0.3, 0.4) is 0 Å². The number of hydrogen-bond donors (Lipinski definition) is 1. The van der Waals surface area contributed by atoms with Gasteiger partial charge in [-0.25, -0.2) is 0 Å². The van der Waals surface area contributed by atoms with Crippen molar-refractivity contribution in [2.75, 3.05) is 33.4 Å². The maximum atomic E-state index is 5.10. The van der Waals surface area contributed by atoms with Crippen molar-refractivity contribution in [3.63, 3.8) is 0 Å². The molecule has 3 heteroatoms. The molecule has 1 saturated heterocycles. The van der Waals surface area contributed by atoms with Gasteiger partial charge in [-0.1, -0.05) is 6.92 Å². The second kappa shape index (κ2) is 6.38. The highest BCUT2D eigenvalue weighted by Crippen LogP contribution is 2.15. The molecule has 1 aliphatic heterocycles. The number of likely N-dealkylation sites (tertiary alicyclic amines) is 1. The van der Waals surface area contributed by atoms with E-state index in [9.17, 15) is 0 Å². The van der Waals surface area contributed by atoms with Crippen LogP contribution in [0, 0.1) is 0 Å². The summed E-state index contributed by atoms with van der Waals surface area (Å²) in [6.45, 7) is 8.80. The molecule has 0 unspecified atom stereocenters. The van der Waals surface area contributed by atoms with Crippen LogP contribution in [0.2, 0.25) is 0 Å². The third-order valence-electron chi connectivity index (χ3n) is 3.02. The first-order valence-corrected chi connectivity index (χ1v) is 5.74. The van der Waals surface area contributed by atoms with Crippen molar-refractivity contribution < 1.29 is 4.74 Å². The monoisotopic (exact) mass is 200 g/mol. The average Bonchev–Trinajstić information content (AvgIpc) is 2.62. The molecular weight excluding hydrogens is 176 g/mol. The molecule has 0 aliphatic carbocycles. The number of nitrogens with one attached hydrogen (secondary N) is 1. The van der Waals surface area contributed by atoms with E-state index in [2.05, 4.69) is 24.1 Å². The molecule has 1 heterocycles. The van der Waals surface area contributed by atoms with Gasteiger partial charge in [0.2, 0.25) is 0 Å². The zero-order valence-electron chi connectivity index (χ0n) is 9.75. The van der Waals surface area contributed by atoms with Crippen LogP contribution in [0.1, 0.15) is 26.7 Å². The molecule has 0 aromatic rings. The third kappa shape index (κ3) is 3.56. The summed E-state index contributed by atoms with van der Waals surface area (Å²) in [6.07, 6.45) is 2.71. The molecule has 0 radical (unpaired) electrons. The molecule has 0 saturated carbocycles. The molecule has 0 aromatic heterocycles. The van der Waals surface area contributed by atoms with Crippen LogP contribution in [0.25, 0.3) is 0 Å². The van der Waals surface area contributed by atoms with Gasteiger partial charge >= 0.3 is 0 Å². The highest BCUT2D eigenvalue weighted by molar-refractivity contribution is 4.80. The Morgan fingerprint density at radius 3 is 3.00 bits per heavy atom. The molecule has 1 N–H and O–H groups in total. The fourth-order valence-electron chi connectivity index (χ4n) is 2.19. The van der Waals surface area contributed by atoms with E-state index < -0.39 is 0 Å². The lowest BCUT2D eigenvalue weighted by Crippen LogP contribution is -2.42. The average molecular weight is 200 g/mol. The second-order valence-corrected chi connectivity index (χ2v) is 4.19. The predicted octanol–water partition coefficient (Wildman–Crippen LogP) is 1.10. The van der Waals surface area contributed by atoms with E-state index in [0.717, 1.165) is 19.2 Å². The first-order chi connectivity index (χ1) is 6.77. The maximum Gasteiger partial charge on any atom is 0.0613 e. The van der Waals surface area contributed by atoms with Crippen LogP contribution in [-0.2, 0) is 4.74 Å². The Bertz CT molecular complexity index is 152. The molecule has 0 aromatic carbocycles. The van der Waals surface area contributed by atoms with E-state index >= 15 is 0 Å². The summed E-state index contributed by atoms with van der Waals surface area (Å²) in [7, 11) is 1.76. The number of rotatable bonds is 6. The molecule has 2 atom stereocenters. The van der Waals surface area contributed by atoms with Crippen LogP contribution in [0.15, 0.2) is 0 Å². The van der Waals surface area contributed by atoms with Crippen molar-refractivity contribution in [2.45, 2.75) is 38.8 Å². The molecule has 0 amide bonds. The van der Waals surface area contributed by atoms with Gasteiger partial charge in [-0.3, -0.25) is 4.90 Å². The predicted molar refractivity (Wildman–Crippen MR) is 59.6 cm³/mol. The van der Waals surface area contributed by atoms with Crippen molar-refractivity contribution in [3.05, 3.63) is 0 Å². The Hall–Kier alpha value is -0.120. The normalized spacial score (nSPS) is 25.5. The molecule has 84 valence electrons. The second-order valence-electron chi connectivity index (χ2n) is 4.19. The summed E-state index contributed by atoms with van der Waals surface area (Å²) in [5, 5.41) is 3.52. The minimum Gasteiger partial charge on any atom is -0.383 e. The van der Waals surface area contributed by atoms with Crippen LogP contribution in [0.5, 0.6) is 0 Å². The summed E-state index contributed by atoms with van der Waals surface area (Å²) in [6, 6.07) is 1.22. The topological polar surface area (TPSA) is 24.5 Å². The van der Waals surface area contributed by atoms with Crippen molar-refractivity contribution in [1.29, 1.82) is 0 Å². The quantitative estimate of drug-likeness (QED) is 0.695. The fourth-order valence-corrected chi connectivity index (χ4v) is 2.19. The fraction of sp³-hybridized carbons (Fsp3) is 1.00. The number of likely N-dealkylation sites (N-methyl/N-ethyl adjacent to an activating group) is 1. The zero-order chi connectivity index (χ0) is 10.4. The number of methoxy groups -OCH3 is 1. The summed E-state index contributed by atoms with van der Waals surface area (Å²) in [4.78, 5) is 2.56. The van der Waals surface area contributed by atoms with Gasteiger partial charge < -0.3 is 10.1 Å². The van der Waals surface area contributed by atoms with Crippen molar-refractivity contribution in [3.8, 4) is 0 Å². The van der Waals surface area contributed by atoms with Crippen molar-refractivity contribution >= 4 is 0 Å². The lowest BCUT2D eigenvalue weighted by atomic mass is 10.2. The maximum absolute atomic E-state index is 5.10. The van der Waals surface area contributed by atoms with Gasteiger partial charge in [0.25, 0.3) is 0 Å². The molecule has 0 bridgehead atoms. The Balaban J connectivity index is 2.16. The highest BCUT2D eigenvalue weighted by Gasteiger charge is 2.22. The minimum atomic E-state index is 0.472. The van der Waals surface area contributed by atoms with E-state index in [1.807, 2.05) is 0 Å². The molecule has 1 fully saturated rings. The van der Waals surface area contributed by atoms with Gasteiger partial charge in [0.1, 0.15) is 0 Å². The summed E-state index contributed by atoms with van der Waals surface area (Å²) in [5.41, 5.74) is 0. The number of ether oxygens (including phenoxy) is 1. The van der Waals surface area contributed by atoms with Crippen LogP contribution < -0.4 is 5.32 Å². The SMILES string of the molecule is CCN1CCC[C@@H]1CN[C@@H](C)COC. The Morgan fingerprint density at radius 1 is 1.57 bits per heavy atom. The lowest BCUT2D eigenvalue weighted by Gasteiger charge is -2.24. The molecule has 1 rings (SSSR count). The third-order valence-corrected chi connectivity index (χ3v) is 3.02. The largest absolute Gasteiger partial charge is 0.383 e. The van der Waals surface area contributed by atoms with Crippen LogP contribution in [0.4, 0.5) is 0 Å². The smallest absolute Gasteiger partial charge is 0.0613 e. The first kappa shape index (κ1) is 12.0. The minimum absolute atomic E-state index is 0.472. The zero-order valence-corrected chi connectivity index (χ0v) is 9.75. The van der Waals surface area contributed by atoms with Gasteiger partial charge in [-0.15, -0.1) is 0 Å². The van der Waals surface area contributed by atoms with E-state index in [0.29, 0.717) is 6.04 Å². The Kier molecular flexibility index (Phi) is 5.45. The van der Waals surface area contributed by atoms with Crippen molar-refractivity contribution in [1.82, 2.24) is 10.2 Å². The first-order valence-electron chi connectivity index (χ1n) is 5.74. The van der Waals surface area contributed by atoms with Gasteiger partial charge in [-0.2, -0.15) is 0 Å². The van der Waals surface area contributed by atoms with E-state index in [1.54, 1.807) is 7.11 Å². The Labute approximate surface area is 87.8 Å². The molecular formula is C11H24N2O. The molecule has 14 heavy (non-hydrogen) atoms. The highest BCUT2D eigenvalue weighted by atomic mass is 16.5. The molecule has 0 spiro atoms. The van der Waals surface area contributed by atoms with Gasteiger partial charge in [0.05, 0.1) is 6.61 Å². The van der Waals surface area contributed by atoms with Gasteiger partial charge in [0.15, 0.2) is 0 Å². The van der Waals surface area contributed by atoms with Crippen LogP contribution in [-0.4, -0.2) is 50.3 Å². The van der Waals surface area contributed by atoms with Crippen LogP contribution >= 0.6 is 0 Å². The van der Waals surface area contributed by atoms with E-state index in [-0.39, 0.29) is 0 Å². The number of hydrogen-bond acceptors (Lipinski definition) is 3. The Morgan fingerprint density at radius 2 is 2.36 bits per heavy atom. The summed E-state index contributed by atoms with van der Waals surface area (Å²) >= 11 is 0. The lowest BCUT2D eigenvalue weighted by molar-refractivity contribution is 0.165. The molecule has 3 nitrogen and oxygen atoms in total. The van der Waals surface area contributed by atoms with Gasteiger partial charge in [0, 0.05) is 25.7 Å². The molecule has 1 aliphatic rings. The summed E-state index contributed by atoms with van der Waals surface area (Å²) in [5.74, 6) is 0. The van der Waals surface area contributed by atoms with E-state index in [4.69, 9.17) is 4.74 Å².